The maximum Gasteiger partial charge on any atom is 0.101 e. The van der Waals surface area contributed by atoms with Gasteiger partial charge in [0.25, 0.3) is 0 Å². The van der Waals surface area contributed by atoms with E-state index in [9.17, 15) is 19.8 Å². The van der Waals surface area contributed by atoms with Crippen LogP contribution < -0.4 is 22.6 Å². The van der Waals surface area contributed by atoms with Gasteiger partial charge >= 0.3 is 0 Å². The van der Waals surface area contributed by atoms with Gasteiger partial charge in [-0.15, -0.1) is 0 Å². The summed E-state index contributed by atoms with van der Waals surface area (Å²) in [6.45, 7) is 3.34. The van der Waals surface area contributed by atoms with E-state index in [2.05, 4.69) is 63.4 Å². The van der Waals surface area contributed by atoms with E-state index in [1.54, 1.807) is 0 Å². The van der Waals surface area contributed by atoms with Gasteiger partial charge in [-0.05, 0) is 12.2 Å². The average Bonchev–Trinajstić information content (AvgIpc) is 2.43. The third kappa shape index (κ3) is 71.5. The predicted molar refractivity (Wildman–Crippen MR) is 109 cm³/mol. The lowest BCUT2D eigenvalue weighted by molar-refractivity contribution is -0.870. The summed E-state index contributed by atoms with van der Waals surface area (Å²) in [4.78, 5) is 18.8. The Morgan fingerprint density at radius 2 is 0.767 bits per heavy atom. The lowest BCUT2D eigenvalue weighted by atomic mass is 10.5. The highest BCUT2D eigenvalue weighted by Gasteiger charge is 2.03. The van der Waals surface area contributed by atoms with Crippen molar-refractivity contribution < 1.29 is 61.0 Å². The van der Waals surface area contributed by atoms with Crippen LogP contribution in [0.15, 0.2) is 12.2 Å². The first-order chi connectivity index (χ1) is 12.8. The van der Waals surface area contributed by atoms with Crippen LogP contribution in [-0.4, -0.2) is 144 Å². The number of hydrogen-bond acceptors (Lipinski definition) is 7. The molecule has 0 unspecified atom stereocenters. The first-order valence-corrected chi connectivity index (χ1v) is 9.15. The molecule has 0 bridgehead atoms. The topological polar surface area (TPSA) is 141 Å². The summed E-state index contributed by atoms with van der Waals surface area (Å²) in [6, 6.07) is 0. The summed E-state index contributed by atoms with van der Waals surface area (Å²) in [5.74, 6) is -3.09. The monoisotopic (exact) mass is 461 g/mol. The Morgan fingerprint density at radius 3 is 0.800 bits per heavy atom. The van der Waals surface area contributed by atoms with Crippen LogP contribution in [0, 0.1) is 0 Å². The van der Waals surface area contributed by atoms with Gasteiger partial charge in [0.15, 0.2) is 0 Å². The fourth-order valence-electron chi connectivity index (χ4n) is 1.04. The van der Waals surface area contributed by atoms with Gasteiger partial charge in [-0.2, -0.15) is 0 Å². The fourth-order valence-corrected chi connectivity index (χ4v) is 1.04. The average molecular weight is 462 g/mol. The second-order valence-electron chi connectivity index (χ2n) is 9.18. The summed E-state index contributed by atoms with van der Waals surface area (Å²) in [5.41, 5.74) is 0. The molecule has 11 heteroatoms. The van der Waals surface area contributed by atoms with Crippen molar-refractivity contribution >= 4 is 11.9 Å². The van der Waals surface area contributed by atoms with Gasteiger partial charge in [0.05, 0.1) is 95.2 Å². The molecule has 0 aromatic rings. The third-order valence-corrected chi connectivity index (χ3v) is 2.67. The highest BCUT2D eigenvalue weighted by molar-refractivity contribution is 5.87. The fraction of sp³-hybridized carbons (Fsp3) is 0.789. The molecular weight excluding hydrogens is 418 g/mol. The normalized spacial score (nSPS) is 10.9. The number of nitrogens with zero attached hydrogens (tertiary/aromatic N) is 3. The molecule has 0 saturated carbocycles. The maximum atomic E-state index is 9.41. The van der Waals surface area contributed by atoms with Gasteiger partial charge in [0.1, 0.15) is 19.6 Å². The molecule has 0 fully saturated rings. The number of quaternary nitrogens is 3. The zero-order valence-electron chi connectivity index (χ0n) is 20.1. The van der Waals surface area contributed by atoms with Crippen molar-refractivity contribution in [3.8, 4) is 0 Å². The van der Waals surface area contributed by atoms with Crippen LogP contribution in [0.5, 0.6) is 0 Å². The number of aliphatic hydroxyl groups is 3. The predicted octanol–water partition coefficient (Wildman–Crippen LogP) is -6.90. The third-order valence-electron chi connectivity index (χ3n) is 2.67. The minimum absolute atomic E-state index is 0. The second-order valence-corrected chi connectivity index (χ2v) is 9.18. The van der Waals surface area contributed by atoms with Crippen LogP contribution in [-0.2, 0) is 9.59 Å². The number of halogens is 1. The lowest BCUT2D eigenvalue weighted by Gasteiger charge is -2.21. The van der Waals surface area contributed by atoms with E-state index < -0.39 is 11.9 Å². The molecule has 0 saturated heterocycles. The van der Waals surface area contributed by atoms with Gasteiger partial charge < -0.3 is 61.0 Å². The first kappa shape index (κ1) is 39.2. The number of hydrogen-bond donors (Lipinski definition) is 3. The molecule has 0 spiro atoms. The SMILES string of the molecule is C[N+](C)(C)CCO.C[N+](C)(C)CCO.C[N+](C)(C)CCO.O=C([O-])/C=C\C(=O)[O-].[Cl-]. The summed E-state index contributed by atoms with van der Waals surface area (Å²) >= 11 is 0. The Bertz CT molecular complexity index is 387. The van der Waals surface area contributed by atoms with Crippen LogP contribution in [0.2, 0.25) is 0 Å². The van der Waals surface area contributed by atoms with Crippen molar-refractivity contribution in [1.82, 2.24) is 0 Å². The Balaban J connectivity index is -0.0000000917. The van der Waals surface area contributed by atoms with Gasteiger partial charge in [-0.1, -0.05) is 0 Å². The summed E-state index contributed by atoms with van der Waals surface area (Å²) in [6.07, 6.45) is 0.769. The Morgan fingerprint density at radius 1 is 0.600 bits per heavy atom. The number of aliphatic carboxylic acids is 2. The molecule has 184 valence electrons. The molecule has 0 aliphatic carbocycles. The largest absolute Gasteiger partial charge is 1.00 e. The number of carboxylic acid groups (broad SMARTS) is 2. The van der Waals surface area contributed by atoms with Crippen molar-refractivity contribution in [2.45, 2.75) is 0 Å². The van der Waals surface area contributed by atoms with E-state index in [-0.39, 0.29) is 32.2 Å². The van der Waals surface area contributed by atoms with Crippen molar-refractivity contribution in [1.29, 1.82) is 0 Å². The van der Waals surface area contributed by atoms with Crippen molar-refractivity contribution in [2.24, 2.45) is 0 Å². The molecule has 0 amide bonds. The highest BCUT2D eigenvalue weighted by Crippen LogP contribution is 1.85. The van der Waals surface area contributed by atoms with Gasteiger partial charge in [-0.3, -0.25) is 0 Å². The van der Waals surface area contributed by atoms with Gasteiger partial charge in [0, 0.05) is 0 Å². The highest BCUT2D eigenvalue weighted by atomic mass is 35.5. The molecule has 0 atom stereocenters. The van der Waals surface area contributed by atoms with E-state index in [1.807, 2.05) is 0 Å². The van der Waals surface area contributed by atoms with Gasteiger partial charge in [0.2, 0.25) is 0 Å². The minimum atomic E-state index is -1.55. The second kappa shape index (κ2) is 21.0. The number of likely N-dealkylation sites (N-methyl/N-ethyl adjacent to an activating group) is 3. The molecule has 0 aromatic carbocycles. The Hall–Kier alpha value is -1.27. The van der Waals surface area contributed by atoms with E-state index in [0.29, 0.717) is 12.2 Å². The molecule has 0 heterocycles. The molecule has 10 nitrogen and oxygen atoms in total. The molecule has 3 N–H and O–H groups in total. The molecule has 0 aliphatic heterocycles. The minimum Gasteiger partial charge on any atom is -1.00 e. The number of aliphatic hydroxyl groups excluding tert-OH is 3. The first-order valence-electron chi connectivity index (χ1n) is 9.15. The van der Waals surface area contributed by atoms with Crippen molar-refractivity contribution in [3.05, 3.63) is 12.2 Å². The number of rotatable bonds is 8. The van der Waals surface area contributed by atoms with Crippen molar-refractivity contribution in [2.75, 3.05) is 103 Å². The molecular formula is C19H44ClN3O7. The number of carbonyl (C=O) groups is 2. The van der Waals surface area contributed by atoms with E-state index >= 15 is 0 Å². The molecule has 0 rings (SSSR count). The zero-order valence-corrected chi connectivity index (χ0v) is 20.8. The Kier molecular flexibility index (Phi) is 27.4. The van der Waals surface area contributed by atoms with Crippen LogP contribution in [0.25, 0.3) is 0 Å². The molecule has 0 radical (unpaired) electrons. The Labute approximate surface area is 188 Å². The summed E-state index contributed by atoms with van der Waals surface area (Å²) in [5, 5.41) is 44.0. The van der Waals surface area contributed by atoms with Crippen LogP contribution in [0.4, 0.5) is 0 Å². The summed E-state index contributed by atoms with van der Waals surface area (Å²) < 4.78 is 2.53. The van der Waals surface area contributed by atoms with Crippen LogP contribution in [0.3, 0.4) is 0 Å². The zero-order chi connectivity index (χ0) is 24.3. The van der Waals surface area contributed by atoms with E-state index in [1.165, 1.54) is 0 Å². The standard InChI is InChI=1S/3C5H14NO.C4H4O4.ClH/c3*1-6(2,3)4-5-7;5-3(6)1-2-4(7)8;/h3*7H,4-5H2,1-3H3;1-2H,(H,5,6)(H,7,8);1H/q3*+1;;/p-3/b;;;2-1-;. The van der Waals surface area contributed by atoms with Crippen molar-refractivity contribution in [3.63, 3.8) is 0 Å². The van der Waals surface area contributed by atoms with E-state index in [4.69, 9.17) is 15.3 Å². The quantitative estimate of drug-likeness (QED) is 0.241. The maximum absolute atomic E-state index is 9.41. The smallest absolute Gasteiger partial charge is 0.101 e. The lowest BCUT2D eigenvalue weighted by Crippen LogP contribution is -3.00. The number of carboxylic acids is 2. The molecule has 0 aliphatic rings. The summed E-state index contributed by atoms with van der Waals surface area (Å²) in [7, 11) is 18.5. The van der Waals surface area contributed by atoms with E-state index in [0.717, 1.165) is 33.1 Å². The van der Waals surface area contributed by atoms with Gasteiger partial charge in [-0.25, -0.2) is 0 Å². The van der Waals surface area contributed by atoms with Crippen LogP contribution >= 0.6 is 0 Å². The number of carbonyl (C=O) groups excluding carboxylic acids is 2. The molecule has 30 heavy (non-hydrogen) atoms. The molecule has 0 aromatic heterocycles. The van der Waals surface area contributed by atoms with Crippen LogP contribution in [0.1, 0.15) is 0 Å².